The smallest absolute Gasteiger partial charge is 0.171 e. The molecule has 0 aliphatic carbocycles. The summed E-state index contributed by atoms with van der Waals surface area (Å²) < 4.78 is 10.6. The van der Waals surface area contributed by atoms with Crippen LogP contribution in [0, 0.1) is 5.92 Å². The van der Waals surface area contributed by atoms with Gasteiger partial charge in [-0.3, -0.25) is 0 Å². The molecular formula is C23H31N3O2S. The molecule has 0 spiro atoms. The second kappa shape index (κ2) is 9.83. The molecule has 1 fully saturated rings. The molecule has 2 aromatic rings. The van der Waals surface area contributed by atoms with Crippen LogP contribution in [0.15, 0.2) is 42.5 Å². The number of hydrogen-bond donors (Lipinski definition) is 2. The second-order valence-corrected chi connectivity index (χ2v) is 8.06. The van der Waals surface area contributed by atoms with Crippen molar-refractivity contribution in [1.82, 2.24) is 5.32 Å². The first-order valence-corrected chi connectivity index (χ1v) is 10.6. The Kier molecular flexibility index (Phi) is 7.20. The van der Waals surface area contributed by atoms with Gasteiger partial charge in [-0.05, 0) is 67.7 Å². The Bertz CT molecular complexity index is 817. The van der Waals surface area contributed by atoms with E-state index in [1.807, 2.05) is 18.2 Å². The molecule has 5 nitrogen and oxygen atoms in total. The fourth-order valence-electron chi connectivity index (χ4n) is 3.60. The number of methoxy groups -OCH3 is 2. The van der Waals surface area contributed by atoms with E-state index in [1.165, 1.54) is 24.1 Å². The van der Waals surface area contributed by atoms with E-state index in [0.717, 1.165) is 24.7 Å². The summed E-state index contributed by atoms with van der Waals surface area (Å²) in [4.78, 5) is 2.48. The van der Waals surface area contributed by atoms with Crippen molar-refractivity contribution in [2.45, 2.75) is 32.7 Å². The van der Waals surface area contributed by atoms with E-state index in [9.17, 15) is 0 Å². The normalized spacial score (nSPS) is 15.5. The van der Waals surface area contributed by atoms with Crippen molar-refractivity contribution in [3.8, 4) is 11.5 Å². The van der Waals surface area contributed by atoms with Gasteiger partial charge in [0.05, 0.1) is 20.3 Å². The Labute approximate surface area is 179 Å². The minimum atomic E-state index is 0.102. The predicted molar refractivity (Wildman–Crippen MR) is 124 cm³/mol. The second-order valence-electron chi connectivity index (χ2n) is 7.65. The molecule has 156 valence electrons. The first-order chi connectivity index (χ1) is 14.0. The third kappa shape index (κ3) is 5.54. The molecule has 6 heteroatoms. The van der Waals surface area contributed by atoms with Gasteiger partial charge >= 0.3 is 0 Å². The lowest BCUT2D eigenvalue weighted by atomic mass is 9.98. The maximum atomic E-state index is 5.49. The van der Waals surface area contributed by atoms with Crippen LogP contribution in [-0.4, -0.2) is 32.4 Å². The summed E-state index contributed by atoms with van der Waals surface area (Å²) >= 11 is 5.49. The van der Waals surface area contributed by atoms with Crippen molar-refractivity contribution >= 4 is 28.7 Å². The van der Waals surface area contributed by atoms with Gasteiger partial charge in [-0.15, -0.1) is 0 Å². The summed E-state index contributed by atoms with van der Waals surface area (Å²) in [5.41, 5.74) is 3.36. The van der Waals surface area contributed by atoms with E-state index < -0.39 is 0 Å². The number of thiocarbonyl (C=S) groups is 1. The highest BCUT2D eigenvalue weighted by Gasteiger charge is 2.16. The Morgan fingerprint density at radius 1 is 1.03 bits per heavy atom. The van der Waals surface area contributed by atoms with Crippen molar-refractivity contribution in [1.29, 1.82) is 0 Å². The topological polar surface area (TPSA) is 45.8 Å². The van der Waals surface area contributed by atoms with Crippen molar-refractivity contribution in [2.75, 3.05) is 37.5 Å². The largest absolute Gasteiger partial charge is 0.493 e. The zero-order valence-electron chi connectivity index (χ0n) is 17.7. The number of benzene rings is 2. The van der Waals surface area contributed by atoms with E-state index in [1.54, 1.807) is 14.2 Å². The van der Waals surface area contributed by atoms with Crippen LogP contribution in [-0.2, 0) is 0 Å². The van der Waals surface area contributed by atoms with Crippen LogP contribution in [0.5, 0.6) is 11.5 Å². The lowest BCUT2D eigenvalue weighted by molar-refractivity contribution is 0.355. The highest BCUT2D eigenvalue weighted by molar-refractivity contribution is 7.80. The number of ether oxygens (including phenoxy) is 2. The van der Waals surface area contributed by atoms with Gasteiger partial charge in [0, 0.05) is 30.5 Å². The SMILES string of the molecule is COc1ccc(NC(=S)NC(C)c2ccc(N3CCC(C)CC3)cc2)cc1OC. The lowest BCUT2D eigenvalue weighted by Crippen LogP contribution is -2.33. The molecule has 1 saturated heterocycles. The maximum Gasteiger partial charge on any atom is 0.171 e. The molecule has 2 aromatic carbocycles. The molecule has 1 unspecified atom stereocenters. The molecule has 0 bridgehead atoms. The Hall–Kier alpha value is -2.47. The van der Waals surface area contributed by atoms with Gasteiger partial charge < -0.3 is 25.0 Å². The standard InChI is InChI=1S/C23H31N3O2S/c1-16-11-13-26(14-12-16)20-8-5-18(6-9-20)17(2)24-23(29)25-19-7-10-21(27-3)22(15-19)28-4/h5-10,15-17H,11-14H2,1-4H3,(H2,24,25,29). The van der Waals surface area contributed by atoms with Crippen LogP contribution >= 0.6 is 12.2 Å². The third-order valence-electron chi connectivity index (χ3n) is 5.53. The Morgan fingerprint density at radius 3 is 2.31 bits per heavy atom. The Morgan fingerprint density at radius 2 is 1.69 bits per heavy atom. The van der Waals surface area contributed by atoms with Crippen LogP contribution in [0.2, 0.25) is 0 Å². The van der Waals surface area contributed by atoms with Crippen LogP contribution in [0.1, 0.15) is 38.3 Å². The molecule has 0 saturated carbocycles. The third-order valence-corrected chi connectivity index (χ3v) is 5.75. The summed E-state index contributed by atoms with van der Waals surface area (Å²) in [5, 5.41) is 7.13. The fourth-order valence-corrected chi connectivity index (χ4v) is 3.90. The van der Waals surface area contributed by atoms with E-state index in [-0.39, 0.29) is 6.04 Å². The quantitative estimate of drug-likeness (QED) is 0.651. The minimum Gasteiger partial charge on any atom is -0.493 e. The summed E-state index contributed by atoms with van der Waals surface area (Å²) in [6.07, 6.45) is 2.55. The summed E-state index contributed by atoms with van der Waals surface area (Å²) in [6, 6.07) is 14.5. The van der Waals surface area contributed by atoms with Crippen LogP contribution in [0.3, 0.4) is 0 Å². The maximum absolute atomic E-state index is 5.49. The first kappa shape index (κ1) is 21.2. The van der Waals surface area contributed by atoms with Crippen LogP contribution in [0.25, 0.3) is 0 Å². The highest BCUT2D eigenvalue weighted by Crippen LogP contribution is 2.30. The molecule has 29 heavy (non-hydrogen) atoms. The Balaban J connectivity index is 1.57. The number of nitrogens with one attached hydrogen (secondary N) is 2. The molecule has 0 amide bonds. The molecule has 1 atom stereocenters. The summed E-state index contributed by atoms with van der Waals surface area (Å²) in [5.74, 6) is 2.19. The number of anilines is 2. The number of rotatable bonds is 6. The van der Waals surface area contributed by atoms with E-state index in [4.69, 9.17) is 21.7 Å². The molecule has 0 aromatic heterocycles. The van der Waals surface area contributed by atoms with Gasteiger partial charge in [0.2, 0.25) is 0 Å². The highest BCUT2D eigenvalue weighted by atomic mass is 32.1. The van der Waals surface area contributed by atoms with Gasteiger partial charge in [0.1, 0.15) is 0 Å². The van der Waals surface area contributed by atoms with Gasteiger partial charge in [-0.2, -0.15) is 0 Å². The van der Waals surface area contributed by atoms with Crippen molar-refractivity contribution in [2.24, 2.45) is 5.92 Å². The summed E-state index contributed by atoms with van der Waals surface area (Å²) in [7, 11) is 3.24. The number of piperidine rings is 1. The molecule has 0 radical (unpaired) electrons. The van der Waals surface area contributed by atoms with E-state index in [2.05, 4.69) is 53.6 Å². The average molecular weight is 414 g/mol. The van der Waals surface area contributed by atoms with Crippen molar-refractivity contribution in [3.63, 3.8) is 0 Å². The molecule has 1 aliphatic heterocycles. The van der Waals surface area contributed by atoms with Gasteiger partial charge in [0.15, 0.2) is 16.6 Å². The minimum absolute atomic E-state index is 0.102. The van der Waals surface area contributed by atoms with Gasteiger partial charge in [-0.1, -0.05) is 19.1 Å². The average Bonchev–Trinajstić information content (AvgIpc) is 2.74. The summed E-state index contributed by atoms with van der Waals surface area (Å²) in [6.45, 7) is 6.74. The lowest BCUT2D eigenvalue weighted by Gasteiger charge is -2.32. The number of hydrogen-bond acceptors (Lipinski definition) is 4. The zero-order chi connectivity index (χ0) is 20.8. The van der Waals surface area contributed by atoms with Crippen LogP contribution in [0.4, 0.5) is 11.4 Å². The molecular weight excluding hydrogens is 382 g/mol. The van der Waals surface area contributed by atoms with Gasteiger partial charge in [0.25, 0.3) is 0 Å². The molecule has 3 rings (SSSR count). The van der Waals surface area contributed by atoms with E-state index >= 15 is 0 Å². The van der Waals surface area contributed by atoms with Crippen LogP contribution < -0.4 is 25.0 Å². The predicted octanol–water partition coefficient (Wildman–Crippen LogP) is 4.99. The zero-order valence-corrected chi connectivity index (χ0v) is 18.5. The first-order valence-electron chi connectivity index (χ1n) is 10.1. The molecule has 2 N–H and O–H groups in total. The van der Waals surface area contributed by atoms with E-state index in [0.29, 0.717) is 16.6 Å². The monoisotopic (exact) mass is 413 g/mol. The number of nitrogens with zero attached hydrogens (tertiary/aromatic N) is 1. The van der Waals surface area contributed by atoms with Gasteiger partial charge in [-0.25, -0.2) is 0 Å². The molecule has 1 aliphatic rings. The fraction of sp³-hybridized carbons (Fsp3) is 0.435. The van der Waals surface area contributed by atoms with Crippen molar-refractivity contribution < 1.29 is 9.47 Å². The molecule has 1 heterocycles. The van der Waals surface area contributed by atoms with Crippen molar-refractivity contribution in [3.05, 3.63) is 48.0 Å².